The molecule has 0 atom stereocenters. The minimum atomic E-state index is 0.469. The van der Waals surface area contributed by atoms with Crippen LogP contribution in [0, 0.1) is 6.92 Å². The molecule has 1 aromatic carbocycles. The van der Waals surface area contributed by atoms with Crippen molar-refractivity contribution in [2.75, 3.05) is 31.8 Å². The molecule has 2 aromatic rings. The van der Waals surface area contributed by atoms with Crippen molar-refractivity contribution in [2.24, 2.45) is 0 Å². The number of nitrogens with zero attached hydrogens (tertiary/aromatic N) is 2. The van der Waals surface area contributed by atoms with Crippen LogP contribution in [0.3, 0.4) is 0 Å². The topological polar surface area (TPSA) is 82.3 Å². The van der Waals surface area contributed by atoms with Crippen LogP contribution < -0.4 is 20.5 Å². The van der Waals surface area contributed by atoms with Crippen molar-refractivity contribution in [2.45, 2.75) is 13.3 Å². The van der Waals surface area contributed by atoms with Gasteiger partial charge in [0.05, 0.1) is 14.2 Å². The number of methoxy groups -OCH3 is 2. The second-order valence-electron chi connectivity index (χ2n) is 4.62. The summed E-state index contributed by atoms with van der Waals surface area (Å²) in [5.41, 5.74) is 7.67. The molecular formula is C15H20N4O2. The van der Waals surface area contributed by atoms with Gasteiger partial charge in [-0.2, -0.15) is 4.98 Å². The molecule has 6 heteroatoms. The van der Waals surface area contributed by atoms with Gasteiger partial charge >= 0.3 is 0 Å². The highest BCUT2D eigenvalue weighted by atomic mass is 16.5. The second kappa shape index (κ2) is 6.78. The van der Waals surface area contributed by atoms with Gasteiger partial charge in [-0.1, -0.05) is 6.07 Å². The Labute approximate surface area is 124 Å². The summed E-state index contributed by atoms with van der Waals surface area (Å²) in [7, 11) is 3.25. The molecule has 0 saturated heterocycles. The van der Waals surface area contributed by atoms with E-state index in [4.69, 9.17) is 15.2 Å². The van der Waals surface area contributed by atoms with Crippen molar-refractivity contribution in [3.63, 3.8) is 0 Å². The highest BCUT2D eigenvalue weighted by molar-refractivity contribution is 5.43. The van der Waals surface area contributed by atoms with Gasteiger partial charge in [-0.15, -0.1) is 0 Å². The van der Waals surface area contributed by atoms with Gasteiger partial charge in [-0.3, -0.25) is 0 Å². The lowest BCUT2D eigenvalue weighted by Crippen LogP contribution is -2.09. The summed E-state index contributed by atoms with van der Waals surface area (Å²) in [6, 6.07) is 7.61. The predicted octanol–water partition coefficient (Wildman–Crippen LogP) is 2.04. The molecule has 0 aliphatic carbocycles. The van der Waals surface area contributed by atoms with E-state index >= 15 is 0 Å². The summed E-state index contributed by atoms with van der Waals surface area (Å²) in [5, 5.41) is 3.17. The molecule has 1 aromatic heterocycles. The predicted molar refractivity (Wildman–Crippen MR) is 82.9 cm³/mol. The minimum Gasteiger partial charge on any atom is -0.493 e. The molecule has 0 unspecified atom stereocenters. The van der Waals surface area contributed by atoms with Gasteiger partial charge in [-0.25, -0.2) is 4.98 Å². The van der Waals surface area contributed by atoms with Gasteiger partial charge in [-0.05, 0) is 31.0 Å². The zero-order valence-electron chi connectivity index (χ0n) is 12.5. The number of hydrogen-bond acceptors (Lipinski definition) is 6. The van der Waals surface area contributed by atoms with Crippen molar-refractivity contribution >= 4 is 11.8 Å². The first-order valence-electron chi connectivity index (χ1n) is 6.68. The number of nitrogens with one attached hydrogen (secondary N) is 1. The maximum Gasteiger partial charge on any atom is 0.224 e. The molecule has 112 valence electrons. The molecule has 21 heavy (non-hydrogen) atoms. The average molecular weight is 288 g/mol. The van der Waals surface area contributed by atoms with Crippen LogP contribution in [0.25, 0.3) is 0 Å². The third kappa shape index (κ3) is 3.98. The van der Waals surface area contributed by atoms with E-state index in [1.54, 1.807) is 20.3 Å². The fourth-order valence-electron chi connectivity index (χ4n) is 2.03. The molecule has 2 rings (SSSR count). The van der Waals surface area contributed by atoms with Crippen LogP contribution in [0.2, 0.25) is 0 Å². The van der Waals surface area contributed by atoms with Gasteiger partial charge in [0.1, 0.15) is 5.82 Å². The molecule has 0 bridgehead atoms. The fourth-order valence-corrected chi connectivity index (χ4v) is 2.03. The highest BCUT2D eigenvalue weighted by Gasteiger charge is 2.05. The normalized spacial score (nSPS) is 10.2. The smallest absolute Gasteiger partial charge is 0.224 e. The van der Waals surface area contributed by atoms with Crippen LogP contribution >= 0.6 is 0 Å². The molecular weight excluding hydrogens is 268 g/mol. The second-order valence-corrected chi connectivity index (χ2v) is 4.62. The molecule has 3 N–H and O–H groups in total. The highest BCUT2D eigenvalue weighted by Crippen LogP contribution is 2.27. The summed E-state index contributed by atoms with van der Waals surface area (Å²) in [6.07, 6.45) is 0.817. The lowest BCUT2D eigenvalue weighted by Gasteiger charge is -2.10. The van der Waals surface area contributed by atoms with Crippen LogP contribution in [0.1, 0.15) is 11.3 Å². The van der Waals surface area contributed by atoms with Gasteiger partial charge in [0.15, 0.2) is 11.5 Å². The SMILES string of the molecule is COc1ccc(CCNc2nc(C)cc(N)n2)cc1OC. The van der Waals surface area contributed by atoms with E-state index in [0.717, 1.165) is 29.2 Å². The lowest BCUT2D eigenvalue weighted by atomic mass is 10.1. The van der Waals surface area contributed by atoms with Crippen LogP contribution in [-0.4, -0.2) is 30.7 Å². The van der Waals surface area contributed by atoms with Gasteiger partial charge in [0.25, 0.3) is 0 Å². The summed E-state index contributed by atoms with van der Waals surface area (Å²) < 4.78 is 10.5. The minimum absolute atomic E-state index is 0.469. The number of nitrogens with two attached hydrogens (primary N) is 1. The lowest BCUT2D eigenvalue weighted by molar-refractivity contribution is 0.354. The van der Waals surface area contributed by atoms with Gasteiger partial charge in [0.2, 0.25) is 5.95 Å². The average Bonchev–Trinajstić information content (AvgIpc) is 2.46. The van der Waals surface area contributed by atoms with E-state index in [1.807, 2.05) is 25.1 Å². The van der Waals surface area contributed by atoms with Crippen LogP contribution in [0.4, 0.5) is 11.8 Å². The summed E-state index contributed by atoms with van der Waals surface area (Å²) in [6.45, 7) is 2.59. The van der Waals surface area contributed by atoms with Gasteiger partial charge < -0.3 is 20.5 Å². The Kier molecular flexibility index (Phi) is 4.81. The largest absolute Gasteiger partial charge is 0.493 e. The standard InChI is InChI=1S/C15H20N4O2/c1-10-8-14(16)19-15(18-10)17-7-6-11-4-5-12(20-2)13(9-11)21-3/h4-5,8-9H,6-7H2,1-3H3,(H3,16,17,18,19). The Morgan fingerprint density at radius 2 is 1.86 bits per heavy atom. The number of aromatic nitrogens is 2. The first-order chi connectivity index (χ1) is 10.1. The number of rotatable bonds is 6. The van der Waals surface area contributed by atoms with E-state index in [-0.39, 0.29) is 0 Å². The number of nitrogen functional groups attached to an aromatic ring is 1. The number of aryl methyl sites for hydroxylation is 1. The molecule has 0 aliphatic heterocycles. The number of hydrogen-bond donors (Lipinski definition) is 2. The Hall–Kier alpha value is -2.50. The van der Waals surface area contributed by atoms with Crippen LogP contribution in [-0.2, 0) is 6.42 Å². The summed E-state index contributed by atoms with van der Waals surface area (Å²) in [4.78, 5) is 8.42. The fraction of sp³-hybridized carbons (Fsp3) is 0.333. The molecule has 0 spiro atoms. The van der Waals surface area contributed by atoms with Crippen molar-refractivity contribution < 1.29 is 9.47 Å². The third-order valence-electron chi connectivity index (χ3n) is 3.02. The van der Waals surface area contributed by atoms with E-state index in [9.17, 15) is 0 Å². The quantitative estimate of drug-likeness (QED) is 0.846. The van der Waals surface area contributed by atoms with E-state index in [2.05, 4.69) is 15.3 Å². The first kappa shape index (κ1) is 14.9. The Balaban J connectivity index is 1.97. The van der Waals surface area contributed by atoms with E-state index in [1.165, 1.54) is 0 Å². The summed E-state index contributed by atoms with van der Waals surface area (Å²) in [5.74, 6) is 2.47. The molecule has 6 nitrogen and oxygen atoms in total. The van der Waals surface area contributed by atoms with Crippen LogP contribution in [0.15, 0.2) is 24.3 Å². The zero-order valence-corrected chi connectivity index (χ0v) is 12.5. The third-order valence-corrected chi connectivity index (χ3v) is 3.02. The monoisotopic (exact) mass is 288 g/mol. The Morgan fingerprint density at radius 3 is 2.52 bits per heavy atom. The Morgan fingerprint density at radius 1 is 1.10 bits per heavy atom. The molecule has 0 amide bonds. The maximum atomic E-state index is 5.69. The molecule has 0 fully saturated rings. The molecule has 0 aliphatic rings. The molecule has 0 radical (unpaired) electrons. The van der Waals surface area contributed by atoms with E-state index < -0.39 is 0 Å². The first-order valence-corrected chi connectivity index (χ1v) is 6.68. The number of anilines is 2. The van der Waals surface area contributed by atoms with Crippen LogP contribution in [0.5, 0.6) is 11.5 Å². The zero-order chi connectivity index (χ0) is 15.2. The maximum absolute atomic E-state index is 5.69. The number of benzene rings is 1. The van der Waals surface area contributed by atoms with Gasteiger partial charge in [0, 0.05) is 18.3 Å². The number of ether oxygens (including phenoxy) is 2. The van der Waals surface area contributed by atoms with E-state index in [0.29, 0.717) is 18.3 Å². The van der Waals surface area contributed by atoms with Crippen molar-refractivity contribution in [1.82, 2.24) is 9.97 Å². The molecule has 1 heterocycles. The van der Waals surface area contributed by atoms with Crippen molar-refractivity contribution in [3.05, 3.63) is 35.5 Å². The summed E-state index contributed by atoms with van der Waals surface area (Å²) >= 11 is 0. The Bertz CT molecular complexity index is 596. The van der Waals surface area contributed by atoms with Crippen molar-refractivity contribution in [3.8, 4) is 11.5 Å². The van der Waals surface area contributed by atoms with Crippen molar-refractivity contribution in [1.29, 1.82) is 0 Å². The molecule has 0 saturated carbocycles.